The number of aromatic nitrogens is 1. The average Bonchev–Trinajstić information content (AvgIpc) is 3.28. The van der Waals surface area contributed by atoms with Crippen LogP contribution in [0.2, 0.25) is 0 Å². The molecule has 150 valence electrons. The van der Waals surface area contributed by atoms with Gasteiger partial charge in [0.05, 0.1) is 11.1 Å². The largest absolute Gasteiger partial charge is 0.478 e. The van der Waals surface area contributed by atoms with Crippen LogP contribution in [0.4, 0.5) is 4.79 Å². The molecule has 1 aromatic heterocycles. The highest BCUT2D eigenvalue weighted by molar-refractivity contribution is 6.03. The molecule has 1 fully saturated rings. The molecule has 2 heterocycles. The fourth-order valence-electron chi connectivity index (χ4n) is 4.38. The Kier molecular flexibility index (Phi) is 4.78. The summed E-state index contributed by atoms with van der Waals surface area (Å²) in [6, 6.07) is 16.8. The molecule has 4 rings (SSSR count). The van der Waals surface area contributed by atoms with Crippen LogP contribution in [0.3, 0.4) is 0 Å². The number of amides is 1. The minimum atomic E-state index is -0.955. The van der Waals surface area contributed by atoms with Crippen molar-refractivity contribution in [3.63, 3.8) is 0 Å². The molecule has 1 aliphatic rings. The Hall–Kier alpha value is -3.28. The van der Waals surface area contributed by atoms with Crippen LogP contribution in [0.1, 0.15) is 41.4 Å². The molecule has 0 spiro atoms. The summed E-state index contributed by atoms with van der Waals surface area (Å²) in [6.45, 7) is 2.86. The fraction of sp³-hybridized carbons (Fsp3) is 0.304. The highest BCUT2D eigenvalue weighted by Gasteiger charge is 2.44. The fourth-order valence-corrected chi connectivity index (χ4v) is 4.38. The van der Waals surface area contributed by atoms with E-state index in [9.17, 15) is 14.7 Å². The van der Waals surface area contributed by atoms with Crippen molar-refractivity contribution in [3.05, 3.63) is 71.4 Å². The Morgan fingerprint density at radius 2 is 1.90 bits per heavy atom. The molecule has 0 radical (unpaired) electrons. The monoisotopic (exact) mass is 392 g/mol. The minimum absolute atomic E-state index is 0.227. The lowest BCUT2D eigenvalue weighted by Crippen LogP contribution is -2.44. The number of benzene rings is 2. The number of carbonyl (C=O) groups is 2. The molecule has 1 atom stereocenters. The first kappa shape index (κ1) is 19.1. The molecule has 29 heavy (non-hydrogen) atoms. The number of hydrogen-bond acceptors (Lipinski definition) is 3. The minimum Gasteiger partial charge on any atom is -0.478 e. The van der Waals surface area contributed by atoms with Crippen molar-refractivity contribution in [2.45, 2.75) is 31.9 Å². The number of carboxylic acids is 1. The van der Waals surface area contributed by atoms with Gasteiger partial charge in [-0.25, -0.2) is 9.59 Å². The van der Waals surface area contributed by atoms with E-state index in [-0.39, 0.29) is 18.3 Å². The van der Waals surface area contributed by atoms with Gasteiger partial charge in [0.15, 0.2) is 0 Å². The number of fused-ring (bicyclic) bond motifs is 1. The summed E-state index contributed by atoms with van der Waals surface area (Å²) >= 11 is 0. The van der Waals surface area contributed by atoms with Gasteiger partial charge in [0.2, 0.25) is 0 Å². The summed E-state index contributed by atoms with van der Waals surface area (Å²) in [5, 5.41) is 10.2. The zero-order valence-electron chi connectivity index (χ0n) is 16.6. The van der Waals surface area contributed by atoms with Gasteiger partial charge in [0.25, 0.3) is 0 Å². The molecule has 2 aromatic carbocycles. The Balaban J connectivity index is 1.66. The predicted molar refractivity (Wildman–Crippen MR) is 110 cm³/mol. The number of ether oxygens (including phenoxy) is 1. The van der Waals surface area contributed by atoms with E-state index in [1.807, 2.05) is 61.0 Å². The molecule has 3 aromatic rings. The van der Waals surface area contributed by atoms with Crippen molar-refractivity contribution in [3.8, 4) is 0 Å². The molecule has 0 aliphatic carbocycles. The van der Waals surface area contributed by atoms with E-state index in [1.165, 1.54) is 0 Å². The smallest absolute Gasteiger partial charge is 0.410 e. The van der Waals surface area contributed by atoms with Crippen LogP contribution in [-0.4, -0.2) is 33.2 Å². The quantitative estimate of drug-likeness (QED) is 0.708. The van der Waals surface area contributed by atoms with Crippen molar-refractivity contribution in [1.82, 2.24) is 9.47 Å². The van der Waals surface area contributed by atoms with Crippen LogP contribution in [0.5, 0.6) is 0 Å². The second-order valence-electron chi connectivity index (χ2n) is 7.70. The maximum absolute atomic E-state index is 12.9. The van der Waals surface area contributed by atoms with E-state index in [0.29, 0.717) is 11.9 Å². The zero-order valence-corrected chi connectivity index (χ0v) is 16.6. The first-order chi connectivity index (χ1) is 13.9. The second-order valence-corrected chi connectivity index (χ2v) is 7.70. The summed E-state index contributed by atoms with van der Waals surface area (Å²) < 4.78 is 7.58. The molecule has 0 bridgehead atoms. The number of hydrogen-bond donors (Lipinski definition) is 1. The number of aromatic carboxylic acids is 1. The molecule has 6 heteroatoms. The third-order valence-electron chi connectivity index (χ3n) is 5.94. The van der Waals surface area contributed by atoms with E-state index in [2.05, 4.69) is 0 Å². The number of carboxylic acid groups (broad SMARTS) is 1. The molecule has 1 amide bonds. The molecule has 6 nitrogen and oxygen atoms in total. The number of carbonyl (C=O) groups excluding carboxylic acids is 1. The third kappa shape index (κ3) is 3.24. The number of nitrogens with zero attached hydrogens (tertiary/aromatic N) is 2. The SMILES string of the molecule is Cn1c([C@@]2(C)CCCN2C(=O)OCc2ccccc2)cc2c(C(=O)O)cccc21. The Labute approximate surface area is 169 Å². The lowest BCUT2D eigenvalue weighted by molar-refractivity contribution is 0.0669. The standard InChI is InChI=1S/C23H24N2O4/c1-23(20-14-18-17(21(26)27)10-6-11-19(18)24(20)2)12-7-13-25(23)22(28)29-15-16-8-4-3-5-9-16/h3-6,8-11,14H,7,12-13,15H2,1-2H3,(H,26,27)/t23-/m1/s1. The molecule has 0 unspecified atom stereocenters. The highest BCUT2D eigenvalue weighted by atomic mass is 16.6. The van der Waals surface area contributed by atoms with Crippen molar-refractivity contribution < 1.29 is 19.4 Å². The van der Waals surface area contributed by atoms with Crippen molar-refractivity contribution in [1.29, 1.82) is 0 Å². The topological polar surface area (TPSA) is 71.8 Å². The van der Waals surface area contributed by atoms with Crippen LogP contribution in [0, 0.1) is 0 Å². The van der Waals surface area contributed by atoms with Crippen LogP contribution < -0.4 is 0 Å². The average molecular weight is 392 g/mol. The van der Waals surface area contributed by atoms with Crippen LogP contribution in [0.25, 0.3) is 10.9 Å². The molecule has 1 N–H and O–H groups in total. The molecular formula is C23H24N2O4. The summed E-state index contributed by atoms with van der Waals surface area (Å²) in [5.41, 5.74) is 2.40. The van der Waals surface area contributed by atoms with Crippen LogP contribution in [-0.2, 0) is 23.9 Å². The summed E-state index contributed by atoms with van der Waals surface area (Å²) in [7, 11) is 1.92. The Bertz CT molecular complexity index is 1070. The number of likely N-dealkylation sites (tertiary alicyclic amines) is 1. The summed E-state index contributed by atoms with van der Waals surface area (Å²) in [5.74, 6) is -0.955. The van der Waals surface area contributed by atoms with Gasteiger partial charge in [-0.15, -0.1) is 0 Å². The number of aryl methyl sites for hydroxylation is 1. The van der Waals surface area contributed by atoms with Crippen molar-refractivity contribution >= 4 is 23.0 Å². The van der Waals surface area contributed by atoms with Gasteiger partial charge in [-0.05, 0) is 43.5 Å². The third-order valence-corrected chi connectivity index (χ3v) is 5.94. The van der Waals surface area contributed by atoms with Crippen molar-refractivity contribution in [2.24, 2.45) is 7.05 Å². The molecule has 1 aliphatic heterocycles. The first-order valence-corrected chi connectivity index (χ1v) is 9.72. The molecule has 1 saturated heterocycles. The van der Waals surface area contributed by atoms with Gasteiger partial charge in [-0.2, -0.15) is 0 Å². The predicted octanol–water partition coefficient (Wildman–Crippen LogP) is 4.52. The van der Waals surface area contributed by atoms with Gasteiger partial charge in [-0.3, -0.25) is 4.90 Å². The maximum atomic E-state index is 12.9. The van der Waals surface area contributed by atoms with E-state index in [4.69, 9.17) is 4.74 Å². The molecular weight excluding hydrogens is 368 g/mol. The summed E-state index contributed by atoms with van der Waals surface area (Å²) in [4.78, 5) is 26.3. The maximum Gasteiger partial charge on any atom is 0.410 e. The van der Waals surface area contributed by atoms with E-state index in [0.717, 1.165) is 29.6 Å². The van der Waals surface area contributed by atoms with Crippen LogP contribution in [0.15, 0.2) is 54.6 Å². The van der Waals surface area contributed by atoms with Gasteiger partial charge >= 0.3 is 12.1 Å². The zero-order chi connectivity index (χ0) is 20.6. The Morgan fingerprint density at radius 1 is 1.14 bits per heavy atom. The van der Waals surface area contributed by atoms with E-state index in [1.54, 1.807) is 17.0 Å². The van der Waals surface area contributed by atoms with E-state index >= 15 is 0 Å². The lowest BCUT2D eigenvalue weighted by Gasteiger charge is -2.35. The lowest BCUT2D eigenvalue weighted by atomic mass is 9.94. The second kappa shape index (κ2) is 7.28. The highest BCUT2D eigenvalue weighted by Crippen LogP contribution is 2.41. The normalized spacial score (nSPS) is 18.9. The van der Waals surface area contributed by atoms with Gasteiger partial charge in [0, 0.05) is 30.2 Å². The van der Waals surface area contributed by atoms with Gasteiger partial charge in [0.1, 0.15) is 6.61 Å². The van der Waals surface area contributed by atoms with Crippen molar-refractivity contribution in [2.75, 3.05) is 6.54 Å². The summed E-state index contributed by atoms with van der Waals surface area (Å²) in [6.07, 6.45) is 1.31. The van der Waals surface area contributed by atoms with Gasteiger partial charge in [-0.1, -0.05) is 36.4 Å². The van der Waals surface area contributed by atoms with Crippen LogP contribution >= 0.6 is 0 Å². The van der Waals surface area contributed by atoms with E-state index < -0.39 is 11.5 Å². The van der Waals surface area contributed by atoms with Gasteiger partial charge < -0.3 is 14.4 Å². The number of rotatable bonds is 4. The first-order valence-electron chi connectivity index (χ1n) is 9.72. The Morgan fingerprint density at radius 3 is 2.62 bits per heavy atom. The molecule has 0 saturated carbocycles.